The van der Waals surface area contributed by atoms with E-state index in [4.69, 9.17) is 0 Å². The summed E-state index contributed by atoms with van der Waals surface area (Å²) in [5.41, 5.74) is 0.715. The molecule has 0 unspecified atom stereocenters. The number of carbonyl (C=O) groups excluding carboxylic acids is 1. The van der Waals surface area contributed by atoms with Crippen molar-refractivity contribution in [2.24, 2.45) is 4.99 Å². The molecule has 0 radical (unpaired) electrons. The number of hydrogen-bond donors (Lipinski definition) is 0. The first kappa shape index (κ1) is 19.8. The van der Waals surface area contributed by atoms with E-state index in [-0.39, 0.29) is 5.91 Å². The number of rotatable bonds is 5. The Morgan fingerprint density at radius 3 is 2.79 bits per heavy atom. The highest BCUT2D eigenvalue weighted by Gasteiger charge is 2.29. The zero-order chi connectivity index (χ0) is 20.3. The van der Waals surface area contributed by atoms with Gasteiger partial charge < -0.3 is 4.74 Å². The van der Waals surface area contributed by atoms with Gasteiger partial charge in [0.1, 0.15) is 6.34 Å². The number of amides is 1. The third-order valence-corrected chi connectivity index (χ3v) is 4.35. The number of aromatic nitrogens is 1. The number of thiazole rings is 1. The van der Waals surface area contributed by atoms with Gasteiger partial charge >= 0.3 is 6.18 Å². The van der Waals surface area contributed by atoms with Crippen LogP contribution >= 0.6 is 11.3 Å². The molecule has 1 aromatic heterocycles. The van der Waals surface area contributed by atoms with E-state index in [2.05, 4.69) is 14.7 Å². The van der Waals surface area contributed by atoms with Gasteiger partial charge in [0, 0.05) is 24.1 Å². The van der Waals surface area contributed by atoms with Crippen molar-refractivity contribution < 1.29 is 27.1 Å². The van der Waals surface area contributed by atoms with E-state index in [1.165, 1.54) is 24.3 Å². The van der Waals surface area contributed by atoms with Crippen molar-refractivity contribution in [2.45, 2.75) is 13.1 Å². The maximum atomic E-state index is 14.1. The van der Waals surface area contributed by atoms with Gasteiger partial charge in [0.2, 0.25) is 11.0 Å². The quantitative estimate of drug-likeness (QED) is 0.694. The second-order valence-corrected chi connectivity index (χ2v) is 6.50. The molecule has 0 saturated carbocycles. The molecule has 3 rings (SSSR count). The topological polar surface area (TPSA) is 58.0 Å². The van der Waals surface area contributed by atoms with Gasteiger partial charge in [-0.1, -0.05) is 0 Å². The average molecular weight is 414 g/mol. The molecule has 0 atom stereocenters. The van der Waals surface area contributed by atoms with E-state index >= 15 is 0 Å². The summed E-state index contributed by atoms with van der Waals surface area (Å²) < 4.78 is 55.2. The standard InChI is InChI=1S/C17H14F4N4O2S/c1-11(26)25(24-6-2-5-22-10-24)16-23-14(8-28-16)12-3-4-15(13(18)7-12)27-9-17(19,20)21/h2-5,7-8,10H,6,9H2,1H3. The van der Waals surface area contributed by atoms with Gasteiger partial charge in [0.25, 0.3) is 0 Å². The highest BCUT2D eigenvalue weighted by atomic mass is 32.1. The van der Waals surface area contributed by atoms with Crippen LogP contribution in [0.2, 0.25) is 0 Å². The fourth-order valence-corrected chi connectivity index (χ4v) is 3.26. The maximum Gasteiger partial charge on any atom is 0.422 e. The van der Waals surface area contributed by atoms with Crippen LogP contribution in [0.25, 0.3) is 11.3 Å². The van der Waals surface area contributed by atoms with Crippen molar-refractivity contribution in [3.63, 3.8) is 0 Å². The fourth-order valence-electron chi connectivity index (χ4n) is 2.37. The normalized spacial score (nSPS) is 13.7. The minimum atomic E-state index is -4.56. The molecule has 0 spiro atoms. The van der Waals surface area contributed by atoms with Gasteiger partial charge in [0.15, 0.2) is 18.2 Å². The summed E-state index contributed by atoms with van der Waals surface area (Å²) in [6.07, 6.45) is 0.291. The number of anilines is 1. The van der Waals surface area contributed by atoms with E-state index in [9.17, 15) is 22.4 Å². The summed E-state index contributed by atoms with van der Waals surface area (Å²) in [7, 11) is 0. The predicted octanol–water partition coefficient (Wildman–Crippen LogP) is 4.02. The zero-order valence-corrected chi connectivity index (χ0v) is 15.3. The molecule has 1 aliphatic rings. The van der Waals surface area contributed by atoms with Crippen LogP contribution in [0.15, 0.2) is 40.8 Å². The molecule has 2 aromatic rings. The van der Waals surface area contributed by atoms with E-state index < -0.39 is 24.3 Å². The fraction of sp³-hybridized carbons (Fsp3) is 0.235. The molecule has 2 heterocycles. The first-order valence-corrected chi connectivity index (χ1v) is 8.83. The largest absolute Gasteiger partial charge is 0.481 e. The number of alkyl halides is 3. The van der Waals surface area contributed by atoms with Crippen LogP contribution in [0.3, 0.4) is 0 Å². The first-order chi connectivity index (χ1) is 13.2. The Morgan fingerprint density at radius 1 is 1.39 bits per heavy atom. The minimum absolute atomic E-state index is 0.287. The van der Waals surface area contributed by atoms with Gasteiger partial charge in [0.05, 0.1) is 12.2 Å². The van der Waals surface area contributed by atoms with Crippen molar-refractivity contribution in [3.05, 3.63) is 41.7 Å². The Morgan fingerprint density at radius 2 is 2.18 bits per heavy atom. The zero-order valence-electron chi connectivity index (χ0n) is 14.5. The van der Waals surface area contributed by atoms with Gasteiger partial charge in [-0.25, -0.2) is 14.4 Å². The number of ether oxygens (including phenoxy) is 1. The molecular formula is C17H14F4N4O2S. The SMILES string of the molecule is CC(=O)N(c1nc(-c2ccc(OCC(F)(F)F)c(F)c2)cs1)N1C=NC=CC1. The number of aliphatic imine (C=N–C) groups is 1. The molecule has 0 bridgehead atoms. The first-order valence-electron chi connectivity index (χ1n) is 7.95. The molecule has 28 heavy (non-hydrogen) atoms. The molecule has 1 amide bonds. The third kappa shape index (κ3) is 4.66. The molecule has 0 aliphatic carbocycles. The lowest BCUT2D eigenvalue weighted by molar-refractivity contribution is -0.153. The van der Waals surface area contributed by atoms with Crippen molar-refractivity contribution >= 4 is 28.7 Å². The highest BCUT2D eigenvalue weighted by molar-refractivity contribution is 7.14. The predicted molar refractivity (Wildman–Crippen MR) is 96.6 cm³/mol. The monoisotopic (exact) mass is 414 g/mol. The summed E-state index contributed by atoms with van der Waals surface area (Å²) >= 11 is 1.16. The Hall–Kier alpha value is -2.95. The summed E-state index contributed by atoms with van der Waals surface area (Å²) in [4.78, 5) is 20.3. The minimum Gasteiger partial charge on any atom is -0.481 e. The third-order valence-electron chi connectivity index (χ3n) is 3.53. The van der Waals surface area contributed by atoms with Crippen LogP contribution in [0.1, 0.15) is 6.92 Å². The number of halogens is 4. The van der Waals surface area contributed by atoms with E-state index in [0.717, 1.165) is 23.5 Å². The van der Waals surface area contributed by atoms with Crippen LogP contribution in [0.5, 0.6) is 5.75 Å². The average Bonchev–Trinajstić information content (AvgIpc) is 3.10. The molecule has 0 N–H and O–H groups in total. The molecule has 0 fully saturated rings. The van der Waals surface area contributed by atoms with Crippen molar-refractivity contribution in [1.29, 1.82) is 0 Å². The Bertz CT molecular complexity index is 926. The smallest absolute Gasteiger partial charge is 0.422 e. The van der Waals surface area contributed by atoms with Gasteiger partial charge in [-0.05, 0) is 24.3 Å². The molecular weight excluding hydrogens is 400 g/mol. The molecule has 1 aliphatic heterocycles. The van der Waals surface area contributed by atoms with Crippen LogP contribution in [0.4, 0.5) is 22.7 Å². The van der Waals surface area contributed by atoms with Crippen molar-refractivity contribution in [3.8, 4) is 17.0 Å². The van der Waals surface area contributed by atoms with Crippen LogP contribution in [-0.4, -0.2) is 41.6 Å². The molecule has 148 valence electrons. The second-order valence-electron chi connectivity index (χ2n) is 5.67. The number of nitrogens with zero attached hydrogens (tertiary/aromatic N) is 4. The van der Waals surface area contributed by atoms with Crippen molar-refractivity contribution in [1.82, 2.24) is 9.99 Å². The van der Waals surface area contributed by atoms with E-state index in [0.29, 0.717) is 22.9 Å². The highest BCUT2D eigenvalue weighted by Crippen LogP contribution is 2.31. The summed E-state index contributed by atoms with van der Waals surface area (Å²) in [5, 5.41) is 4.87. The van der Waals surface area contributed by atoms with Gasteiger partial charge in [-0.2, -0.15) is 18.2 Å². The van der Waals surface area contributed by atoms with Gasteiger partial charge in [-0.15, -0.1) is 11.3 Å². The van der Waals surface area contributed by atoms with Crippen LogP contribution in [0, 0.1) is 5.82 Å². The summed E-state index contributed by atoms with van der Waals surface area (Å²) in [6.45, 7) is 0.223. The maximum absolute atomic E-state index is 14.1. The molecule has 0 saturated heterocycles. The van der Waals surface area contributed by atoms with Crippen molar-refractivity contribution in [2.75, 3.05) is 18.2 Å². The number of carbonyl (C=O) groups is 1. The van der Waals surface area contributed by atoms with E-state index in [1.54, 1.807) is 22.7 Å². The molecule has 11 heteroatoms. The summed E-state index contributed by atoms with van der Waals surface area (Å²) in [5.74, 6) is -1.73. The number of hydrogen-bond acceptors (Lipinski definition) is 6. The number of benzene rings is 1. The Kier molecular flexibility index (Phi) is 5.63. The van der Waals surface area contributed by atoms with Gasteiger partial charge in [-0.3, -0.25) is 9.80 Å². The lowest BCUT2D eigenvalue weighted by Gasteiger charge is -2.30. The second kappa shape index (κ2) is 7.97. The van der Waals surface area contributed by atoms with E-state index in [1.807, 2.05) is 0 Å². The molecule has 1 aromatic carbocycles. The Labute approximate surface area is 161 Å². The van der Waals surface area contributed by atoms with Crippen LogP contribution in [-0.2, 0) is 4.79 Å². The van der Waals surface area contributed by atoms with Crippen LogP contribution < -0.4 is 9.75 Å². The molecule has 6 nitrogen and oxygen atoms in total. The number of hydrazine groups is 1. The Balaban J connectivity index is 1.81. The lowest BCUT2D eigenvalue weighted by Crippen LogP contribution is -2.45. The summed E-state index contributed by atoms with van der Waals surface area (Å²) in [6, 6.07) is 3.55. The lowest BCUT2D eigenvalue weighted by atomic mass is 10.1.